The number of rotatable bonds is 7. The molecule has 0 bridgehead atoms. The predicted octanol–water partition coefficient (Wildman–Crippen LogP) is 1.01. The Labute approximate surface area is 123 Å². The first-order chi connectivity index (χ1) is 9.83. The molecule has 0 saturated heterocycles. The lowest BCUT2D eigenvalue weighted by Crippen LogP contribution is -2.41. The van der Waals surface area contributed by atoms with Crippen molar-refractivity contribution < 1.29 is 18.7 Å². The SMILES string of the molecule is COC(=O)CN(CC(=O)Nc1nnc(C(C)C)o1)C(C)C. The number of anilines is 1. The van der Waals surface area contributed by atoms with Crippen LogP contribution in [0.1, 0.15) is 39.5 Å². The highest BCUT2D eigenvalue weighted by molar-refractivity contribution is 5.90. The van der Waals surface area contributed by atoms with Crippen LogP contribution < -0.4 is 5.32 Å². The lowest BCUT2D eigenvalue weighted by Gasteiger charge is -2.23. The van der Waals surface area contributed by atoms with Gasteiger partial charge in [-0.15, -0.1) is 5.10 Å². The van der Waals surface area contributed by atoms with Crippen LogP contribution in [-0.2, 0) is 14.3 Å². The molecule has 0 fully saturated rings. The second-order valence-electron chi connectivity index (χ2n) is 5.22. The Morgan fingerprint density at radius 1 is 1.24 bits per heavy atom. The van der Waals surface area contributed by atoms with E-state index in [1.807, 2.05) is 27.7 Å². The van der Waals surface area contributed by atoms with Crippen molar-refractivity contribution in [1.29, 1.82) is 0 Å². The van der Waals surface area contributed by atoms with Crippen molar-refractivity contribution in [2.75, 3.05) is 25.5 Å². The largest absolute Gasteiger partial charge is 0.468 e. The summed E-state index contributed by atoms with van der Waals surface area (Å²) >= 11 is 0. The number of methoxy groups -OCH3 is 1. The summed E-state index contributed by atoms with van der Waals surface area (Å²) < 4.78 is 9.90. The van der Waals surface area contributed by atoms with Crippen LogP contribution in [0.2, 0.25) is 0 Å². The molecule has 8 heteroatoms. The highest BCUT2D eigenvalue weighted by Crippen LogP contribution is 2.14. The summed E-state index contributed by atoms with van der Waals surface area (Å²) in [7, 11) is 1.31. The van der Waals surface area contributed by atoms with Gasteiger partial charge >= 0.3 is 12.0 Å². The number of ether oxygens (including phenoxy) is 1. The van der Waals surface area contributed by atoms with Gasteiger partial charge in [0, 0.05) is 12.0 Å². The summed E-state index contributed by atoms with van der Waals surface area (Å²) in [6, 6.07) is 0.0780. The van der Waals surface area contributed by atoms with E-state index in [9.17, 15) is 9.59 Å². The molecule has 1 N–H and O–H groups in total. The molecule has 1 rings (SSSR count). The topological polar surface area (TPSA) is 97.6 Å². The summed E-state index contributed by atoms with van der Waals surface area (Å²) in [6.07, 6.45) is 0. The van der Waals surface area contributed by atoms with Gasteiger partial charge in [0.2, 0.25) is 11.8 Å². The van der Waals surface area contributed by atoms with E-state index in [-0.39, 0.29) is 37.0 Å². The Hall–Kier alpha value is -1.96. The maximum atomic E-state index is 11.9. The molecule has 0 spiro atoms. The van der Waals surface area contributed by atoms with E-state index in [4.69, 9.17) is 4.42 Å². The van der Waals surface area contributed by atoms with Crippen LogP contribution in [-0.4, -0.2) is 53.2 Å². The molecule has 21 heavy (non-hydrogen) atoms. The van der Waals surface area contributed by atoms with Crippen molar-refractivity contribution >= 4 is 17.9 Å². The zero-order valence-corrected chi connectivity index (χ0v) is 13.0. The van der Waals surface area contributed by atoms with Gasteiger partial charge in [-0.2, -0.15) is 0 Å². The van der Waals surface area contributed by atoms with Gasteiger partial charge in [0.15, 0.2) is 0 Å². The summed E-state index contributed by atoms with van der Waals surface area (Å²) in [4.78, 5) is 24.9. The highest BCUT2D eigenvalue weighted by Gasteiger charge is 2.19. The molecule has 0 atom stereocenters. The number of esters is 1. The molecule has 118 valence electrons. The third-order valence-electron chi connectivity index (χ3n) is 2.82. The number of amides is 1. The number of hydrogen-bond acceptors (Lipinski definition) is 7. The lowest BCUT2D eigenvalue weighted by atomic mass is 10.2. The number of hydrogen-bond donors (Lipinski definition) is 1. The summed E-state index contributed by atoms with van der Waals surface area (Å²) in [6.45, 7) is 7.68. The average molecular weight is 298 g/mol. The molecule has 1 heterocycles. The summed E-state index contributed by atoms with van der Waals surface area (Å²) in [5, 5.41) is 10.1. The molecule has 0 saturated carbocycles. The van der Waals surface area contributed by atoms with Crippen molar-refractivity contribution in [2.24, 2.45) is 0 Å². The second kappa shape index (κ2) is 7.72. The van der Waals surface area contributed by atoms with Gasteiger partial charge in [-0.3, -0.25) is 19.8 Å². The molecule has 0 radical (unpaired) electrons. The first-order valence-electron chi connectivity index (χ1n) is 6.77. The van der Waals surface area contributed by atoms with Gasteiger partial charge in [-0.25, -0.2) is 0 Å². The fourth-order valence-electron chi connectivity index (χ4n) is 1.51. The number of nitrogens with zero attached hydrogens (tertiary/aromatic N) is 3. The molecule has 1 amide bonds. The maximum absolute atomic E-state index is 11.9. The first kappa shape index (κ1) is 17.1. The molecule has 0 aliphatic heterocycles. The van der Waals surface area contributed by atoms with Crippen LogP contribution in [0.4, 0.5) is 6.01 Å². The Kier molecular flexibility index (Phi) is 6.29. The zero-order valence-electron chi connectivity index (χ0n) is 13.0. The van der Waals surface area contributed by atoms with Crippen molar-refractivity contribution in [2.45, 2.75) is 39.7 Å². The predicted molar refractivity (Wildman–Crippen MR) is 75.7 cm³/mol. The lowest BCUT2D eigenvalue weighted by molar-refractivity contribution is -0.142. The molecule has 0 aliphatic carbocycles. The normalized spacial score (nSPS) is 11.2. The van der Waals surface area contributed by atoms with Gasteiger partial charge < -0.3 is 9.15 Å². The highest BCUT2D eigenvalue weighted by atomic mass is 16.5. The summed E-state index contributed by atoms with van der Waals surface area (Å²) in [5.41, 5.74) is 0. The standard InChI is InChI=1S/C13H22N4O4/c1-8(2)12-15-16-13(21-12)14-10(18)6-17(9(3)4)7-11(19)20-5/h8-9H,6-7H2,1-5H3,(H,14,16,18). The van der Waals surface area contributed by atoms with Gasteiger partial charge in [-0.1, -0.05) is 18.9 Å². The van der Waals surface area contributed by atoms with Crippen molar-refractivity contribution in [3.8, 4) is 0 Å². The van der Waals surface area contributed by atoms with Gasteiger partial charge in [0.1, 0.15) is 0 Å². The molecule has 0 aliphatic rings. The molecular weight excluding hydrogens is 276 g/mol. The van der Waals surface area contributed by atoms with Gasteiger partial charge in [-0.05, 0) is 13.8 Å². The van der Waals surface area contributed by atoms with Gasteiger partial charge in [0.25, 0.3) is 0 Å². The number of aromatic nitrogens is 2. The van der Waals surface area contributed by atoms with Gasteiger partial charge in [0.05, 0.1) is 20.2 Å². The van der Waals surface area contributed by atoms with E-state index in [1.165, 1.54) is 7.11 Å². The van der Waals surface area contributed by atoms with E-state index in [2.05, 4.69) is 20.3 Å². The third kappa shape index (κ3) is 5.50. The number of carbonyl (C=O) groups is 2. The average Bonchev–Trinajstić information content (AvgIpc) is 2.86. The minimum atomic E-state index is -0.392. The van der Waals surface area contributed by atoms with Crippen molar-refractivity contribution in [1.82, 2.24) is 15.1 Å². The fourth-order valence-corrected chi connectivity index (χ4v) is 1.51. The number of nitrogens with one attached hydrogen (secondary N) is 1. The second-order valence-corrected chi connectivity index (χ2v) is 5.22. The van der Waals surface area contributed by atoms with Crippen molar-refractivity contribution in [3.63, 3.8) is 0 Å². The minimum Gasteiger partial charge on any atom is -0.468 e. The van der Waals surface area contributed by atoms with E-state index in [0.717, 1.165) is 0 Å². The Bertz CT molecular complexity index is 484. The number of carbonyl (C=O) groups excluding carboxylic acids is 2. The van der Waals surface area contributed by atoms with E-state index < -0.39 is 5.97 Å². The molecule has 0 aromatic carbocycles. The van der Waals surface area contributed by atoms with E-state index in [1.54, 1.807) is 4.90 Å². The monoisotopic (exact) mass is 298 g/mol. The zero-order chi connectivity index (χ0) is 16.0. The smallest absolute Gasteiger partial charge is 0.322 e. The Morgan fingerprint density at radius 2 is 1.90 bits per heavy atom. The van der Waals surface area contributed by atoms with Crippen LogP contribution in [0.25, 0.3) is 0 Å². The van der Waals surface area contributed by atoms with E-state index >= 15 is 0 Å². The molecular formula is C13H22N4O4. The molecule has 1 aromatic heterocycles. The van der Waals surface area contributed by atoms with Crippen LogP contribution in [0.15, 0.2) is 4.42 Å². The Morgan fingerprint density at radius 3 is 2.38 bits per heavy atom. The van der Waals surface area contributed by atoms with Crippen LogP contribution >= 0.6 is 0 Å². The van der Waals surface area contributed by atoms with E-state index in [0.29, 0.717) is 5.89 Å². The summed E-state index contributed by atoms with van der Waals surface area (Å²) in [5.74, 6) is -0.168. The molecule has 8 nitrogen and oxygen atoms in total. The first-order valence-corrected chi connectivity index (χ1v) is 6.77. The van der Waals surface area contributed by atoms with Crippen LogP contribution in [0.3, 0.4) is 0 Å². The fraction of sp³-hybridized carbons (Fsp3) is 0.692. The van der Waals surface area contributed by atoms with Crippen LogP contribution in [0.5, 0.6) is 0 Å². The maximum Gasteiger partial charge on any atom is 0.322 e. The molecule has 0 unspecified atom stereocenters. The van der Waals surface area contributed by atoms with Crippen LogP contribution in [0, 0.1) is 0 Å². The quantitative estimate of drug-likeness (QED) is 0.750. The minimum absolute atomic E-state index is 0.0174. The molecule has 1 aromatic rings. The Balaban J connectivity index is 2.58. The van der Waals surface area contributed by atoms with Crippen molar-refractivity contribution in [3.05, 3.63) is 5.89 Å². The third-order valence-corrected chi connectivity index (χ3v) is 2.82.